The van der Waals surface area contributed by atoms with Crippen LogP contribution < -0.4 is 5.32 Å². The molecule has 0 saturated heterocycles. The number of aryl methyl sites for hydroxylation is 1. The Balaban J connectivity index is 1.35. The van der Waals surface area contributed by atoms with Crippen LogP contribution in [-0.4, -0.2) is 25.2 Å². The zero-order valence-corrected chi connectivity index (χ0v) is 16.9. The first kappa shape index (κ1) is 18.7. The SMILES string of the molecule is Cc1cccc(-n2cc(CNc3ccccc3-c3nnc(-c4ccccc4)o3)nn2)c1. The van der Waals surface area contributed by atoms with Gasteiger partial charge in [-0.2, -0.15) is 0 Å². The molecule has 0 saturated carbocycles. The van der Waals surface area contributed by atoms with Gasteiger partial charge in [0.15, 0.2) is 0 Å². The lowest BCUT2D eigenvalue weighted by atomic mass is 10.1. The summed E-state index contributed by atoms with van der Waals surface area (Å²) in [5.74, 6) is 0.955. The number of hydrogen-bond donors (Lipinski definition) is 1. The van der Waals surface area contributed by atoms with E-state index in [1.807, 2.05) is 72.9 Å². The molecular weight excluding hydrogens is 388 g/mol. The van der Waals surface area contributed by atoms with E-state index < -0.39 is 0 Å². The van der Waals surface area contributed by atoms with Crippen LogP contribution in [0, 0.1) is 6.92 Å². The fraction of sp³-hybridized carbons (Fsp3) is 0.0833. The van der Waals surface area contributed by atoms with Crippen molar-refractivity contribution in [2.45, 2.75) is 13.5 Å². The van der Waals surface area contributed by atoms with E-state index in [-0.39, 0.29) is 0 Å². The van der Waals surface area contributed by atoms with Gasteiger partial charge in [0.05, 0.1) is 24.0 Å². The fourth-order valence-corrected chi connectivity index (χ4v) is 3.32. The number of aromatic nitrogens is 5. The molecule has 5 rings (SSSR count). The highest BCUT2D eigenvalue weighted by molar-refractivity contribution is 5.72. The fourth-order valence-electron chi connectivity index (χ4n) is 3.32. The molecule has 1 N–H and O–H groups in total. The molecule has 0 atom stereocenters. The maximum atomic E-state index is 5.93. The summed E-state index contributed by atoms with van der Waals surface area (Å²) in [6.45, 7) is 2.57. The Morgan fingerprint density at radius 3 is 2.52 bits per heavy atom. The molecule has 0 fully saturated rings. The van der Waals surface area contributed by atoms with Crippen molar-refractivity contribution in [3.63, 3.8) is 0 Å². The summed E-state index contributed by atoms with van der Waals surface area (Å²) in [6, 6.07) is 25.7. The molecule has 0 spiro atoms. The normalized spacial score (nSPS) is 10.9. The van der Waals surface area contributed by atoms with Crippen molar-refractivity contribution in [2.75, 3.05) is 5.32 Å². The van der Waals surface area contributed by atoms with Crippen LogP contribution in [0.2, 0.25) is 0 Å². The topological polar surface area (TPSA) is 81.7 Å². The van der Waals surface area contributed by atoms with E-state index in [0.29, 0.717) is 18.3 Å². The minimum atomic E-state index is 0.463. The lowest BCUT2D eigenvalue weighted by Crippen LogP contribution is -2.01. The number of benzene rings is 3. The molecule has 0 radical (unpaired) electrons. The number of nitrogens with one attached hydrogen (secondary N) is 1. The zero-order valence-electron chi connectivity index (χ0n) is 16.9. The third kappa shape index (κ3) is 4.06. The van der Waals surface area contributed by atoms with E-state index in [9.17, 15) is 0 Å². The van der Waals surface area contributed by atoms with E-state index in [0.717, 1.165) is 28.2 Å². The molecule has 7 nitrogen and oxygen atoms in total. The summed E-state index contributed by atoms with van der Waals surface area (Å²) in [7, 11) is 0. The van der Waals surface area contributed by atoms with Crippen molar-refractivity contribution in [3.05, 3.63) is 96.3 Å². The van der Waals surface area contributed by atoms with Crippen LogP contribution in [0.5, 0.6) is 0 Å². The van der Waals surface area contributed by atoms with Crippen LogP contribution >= 0.6 is 0 Å². The number of para-hydroxylation sites is 1. The molecule has 0 aliphatic carbocycles. The average molecular weight is 408 g/mol. The van der Waals surface area contributed by atoms with Gasteiger partial charge in [0.25, 0.3) is 0 Å². The van der Waals surface area contributed by atoms with Gasteiger partial charge in [-0.3, -0.25) is 0 Å². The lowest BCUT2D eigenvalue weighted by Gasteiger charge is -2.08. The van der Waals surface area contributed by atoms with Gasteiger partial charge < -0.3 is 9.73 Å². The van der Waals surface area contributed by atoms with Gasteiger partial charge in [0.1, 0.15) is 5.69 Å². The van der Waals surface area contributed by atoms with Crippen molar-refractivity contribution in [1.82, 2.24) is 25.2 Å². The van der Waals surface area contributed by atoms with E-state index in [1.54, 1.807) is 4.68 Å². The second kappa shape index (κ2) is 8.23. The molecule has 5 aromatic rings. The predicted octanol–water partition coefficient (Wildman–Crippen LogP) is 4.90. The van der Waals surface area contributed by atoms with Crippen LogP contribution in [0.3, 0.4) is 0 Å². The molecule has 2 aromatic heterocycles. The second-order valence-corrected chi connectivity index (χ2v) is 7.17. The molecule has 31 heavy (non-hydrogen) atoms. The average Bonchev–Trinajstić information content (AvgIpc) is 3.49. The Kier molecular flexibility index (Phi) is 4.98. The van der Waals surface area contributed by atoms with Crippen molar-refractivity contribution in [1.29, 1.82) is 0 Å². The molecule has 2 heterocycles. The largest absolute Gasteiger partial charge is 0.416 e. The molecule has 152 valence electrons. The van der Waals surface area contributed by atoms with Crippen molar-refractivity contribution < 1.29 is 4.42 Å². The standard InChI is InChI=1S/C24H20N6O/c1-17-8-7-11-20(14-17)30-16-19(26-29-30)15-25-22-13-6-5-12-21(22)24-28-27-23(31-24)18-9-3-2-4-10-18/h2-14,16,25H,15H2,1H3. The molecule has 3 aromatic carbocycles. The van der Waals surface area contributed by atoms with Crippen LogP contribution in [0.1, 0.15) is 11.3 Å². The Morgan fingerprint density at radius 1 is 0.839 bits per heavy atom. The summed E-state index contributed by atoms with van der Waals surface area (Å²) in [5, 5.41) is 20.4. The quantitative estimate of drug-likeness (QED) is 0.430. The van der Waals surface area contributed by atoms with Crippen LogP contribution in [0.25, 0.3) is 28.6 Å². The lowest BCUT2D eigenvalue weighted by molar-refractivity contribution is 0.585. The molecule has 7 heteroatoms. The van der Waals surface area contributed by atoms with E-state index >= 15 is 0 Å². The number of anilines is 1. The van der Waals surface area contributed by atoms with Gasteiger partial charge in [-0.15, -0.1) is 15.3 Å². The van der Waals surface area contributed by atoms with Crippen LogP contribution in [-0.2, 0) is 6.54 Å². The minimum Gasteiger partial charge on any atom is -0.416 e. The van der Waals surface area contributed by atoms with E-state index in [1.165, 1.54) is 5.56 Å². The zero-order chi connectivity index (χ0) is 21.0. The smallest absolute Gasteiger partial charge is 0.250 e. The summed E-state index contributed by atoms with van der Waals surface area (Å²) >= 11 is 0. The van der Waals surface area contributed by atoms with Crippen molar-refractivity contribution >= 4 is 5.69 Å². The predicted molar refractivity (Wildman–Crippen MR) is 119 cm³/mol. The van der Waals surface area contributed by atoms with Gasteiger partial charge >= 0.3 is 0 Å². The molecule has 0 unspecified atom stereocenters. The van der Waals surface area contributed by atoms with Crippen molar-refractivity contribution in [2.24, 2.45) is 0 Å². The van der Waals surface area contributed by atoms with Crippen LogP contribution in [0.4, 0.5) is 5.69 Å². The highest BCUT2D eigenvalue weighted by Crippen LogP contribution is 2.29. The molecule has 0 bridgehead atoms. The third-order valence-electron chi connectivity index (χ3n) is 4.87. The van der Waals surface area contributed by atoms with Gasteiger partial charge in [-0.25, -0.2) is 4.68 Å². The summed E-state index contributed by atoms with van der Waals surface area (Å²) < 4.78 is 7.71. The first-order valence-corrected chi connectivity index (χ1v) is 9.97. The van der Waals surface area contributed by atoms with Crippen molar-refractivity contribution in [3.8, 4) is 28.6 Å². The Hall–Kier alpha value is -4.26. The van der Waals surface area contributed by atoms with Gasteiger partial charge in [-0.1, -0.05) is 47.7 Å². The summed E-state index contributed by atoms with van der Waals surface area (Å²) in [6.07, 6.45) is 1.92. The molecule has 0 aliphatic rings. The van der Waals surface area contributed by atoms with E-state index in [2.05, 4.69) is 44.9 Å². The Bertz CT molecular complexity index is 1310. The summed E-state index contributed by atoms with van der Waals surface area (Å²) in [5.41, 5.74) is 5.60. The molecular formula is C24H20N6O. The first-order chi connectivity index (χ1) is 15.3. The van der Waals surface area contributed by atoms with Gasteiger partial charge in [0.2, 0.25) is 11.8 Å². The summed E-state index contributed by atoms with van der Waals surface area (Å²) in [4.78, 5) is 0. The molecule has 0 aliphatic heterocycles. The van der Waals surface area contributed by atoms with Gasteiger partial charge in [0, 0.05) is 11.3 Å². The number of nitrogens with zero attached hydrogens (tertiary/aromatic N) is 5. The Morgan fingerprint density at radius 2 is 1.65 bits per heavy atom. The highest BCUT2D eigenvalue weighted by atomic mass is 16.4. The molecule has 0 amide bonds. The number of hydrogen-bond acceptors (Lipinski definition) is 6. The highest BCUT2D eigenvalue weighted by Gasteiger charge is 2.14. The third-order valence-corrected chi connectivity index (χ3v) is 4.87. The van der Waals surface area contributed by atoms with Crippen LogP contribution in [0.15, 0.2) is 89.5 Å². The maximum absolute atomic E-state index is 5.93. The minimum absolute atomic E-state index is 0.463. The van der Waals surface area contributed by atoms with E-state index in [4.69, 9.17) is 4.42 Å². The monoisotopic (exact) mass is 408 g/mol. The number of rotatable bonds is 6. The second-order valence-electron chi connectivity index (χ2n) is 7.17. The maximum Gasteiger partial charge on any atom is 0.250 e. The first-order valence-electron chi connectivity index (χ1n) is 9.97. The Labute approximate surface area is 179 Å². The van der Waals surface area contributed by atoms with Gasteiger partial charge in [-0.05, 0) is 48.9 Å².